The Kier molecular flexibility index (Phi) is 10.4. The number of carboxylic acid groups (broad SMARTS) is 1. The Morgan fingerprint density at radius 3 is 1.67 bits per heavy atom. The molecule has 2 unspecified atom stereocenters. The molecule has 0 aliphatic heterocycles. The number of carbonyl (C=O) groups is 2. The summed E-state index contributed by atoms with van der Waals surface area (Å²) in [5.41, 5.74) is -2.49. The van der Waals surface area contributed by atoms with Crippen molar-refractivity contribution in [2.45, 2.75) is 100 Å². The van der Waals surface area contributed by atoms with Crippen LogP contribution in [0.3, 0.4) is 0 Å². The molecule has 1 N–H and O–H groups in total. The quantitative estimate of drug-likeness (QED) is 0.322. The minimum absolute atomic E-state index is 0.0331. The van der Waals surface area contributed by atoms with Gasteiger partial charge in [-0.25, -0.2) is 0 Å². The van der Waals surface area contributed by atoms with Gasteiger partial charge in [0.15, 0.2) is 5.78 Å². The minimum atomic E-state index is -3.69. The monoisotopic (exact) mass is 451 g/mol. The van der Waals surface area contributed by atoms with Gasteiger partial charge in [-0.2, -0.15) is 5.06 Å². The van der Waals surface area contributed by atoms with Crippen LogP contribution in [0.1, 0.15) is 82.6 Å². The van der Waals surface area contributed by atoms with Crippen LogP contribution < -0.4 is 0 Å². The first-order chi connectivity index (χ1) is 13.3. The number of carboxylic acids is 1. The largest absolute Gasteiger partial charge is 0.481 e. The van der Waals surface area contributed by atoms with Crippen LogP contribution >= 0.6 is 7.60 Å². The minimum Gasteiger partial charge on any atom is -0.481 e. The predicted octanol–water partition coefficient (Wildman–Crippen LogP) is 5.12. The summed E-state index contributed by atoms with van der Waals surface area (Å²) in [6, 6.07) is 0. The van der Waals surface area contributed by atoms with Crippen molar-refractivity contribution in [1.29, 1.82) is 0 Å². The van der Waals surface area contributed by atoms with Crippen molar-refractivity contribution in [3.63, 3.8) is 0 Å². The van der Waals surface area contributed by atoms with Crippen molar-refractivity contribution in [2.24, 2.45) is 10.8 Å². The predicted molar refractivity (Wildman–Crippen MR) is 117 cm³/mol. The van der Waals surface area contributed by atoms with Crippen molar-refractivity contribution in [3.05, 3.63) is 0 Å². The van der Waals surface area contributed by atoms with Crippen LogP contribution in [-0.2, 0) is 28.0 Å². The number of hydroxylamine groups is 2. The van der Waals surface area contributed by atoms with Crippen molar-refractivity contribution in [2.75, 3.05) is 13.2 Å². The van der Waals surface area contributed by atoms with E-state index in [1.165, 1.54) is 12.0 Å². The molecule has 178 valence electrons. The molecule has 0 fully saturated rings. The van der Waals surface area contributed by atoms with Crippen molar-refractivity contribution >= 4 is 19.3 Å². The maximum Gasteiger partial charge on any atom is 0.350 e. The fourth-order valence-electron chi connectivity index (χ4n) is 3.02. The molecule has 2 atom stereocenters. The van der Waals surface area contributed by atoms with E-state index < -0.39 is 41.8 Å². The highest BCUT2D eigenvalue weighted by atomic mass is 31.2. The molecule has 0 radical (unpaired) electrons. The van der Waals surface area contributed by atoms with Gasteiger partial charge >= 0.3 is 13.6 Å². The molecule has 0 aromatic rings. The van der Waals surface area contributed by atoms with Gasteiger partial charge in [0.25, 0.3) is 0 Å². The van der Waals surface area contributed by atoms with Crippen molar-refractivity contribution in [1.82, 2.24) is 5.06 Å². The molecule has 0 heterocycles. The Hall–Kier alpha value is -0.790. The maximum absolute atomic E-state index is 13.8. The molecule has 8 nitrogen and oxygen atoms in total. The lowest BCUT2D eigenvalue weighted by atomic mass is 9.86. The van der Waals surface area contributed by atoms with Gasteiger partial charge in [0.05, 0.1) is 18.6 Å². The zero-order valence-corrected chi connectivity index (χ0v) is 21.5. The molecule has 0 aliphatic carbocycles. The van der Waals surface area contributed by atoms with Crippen LogP contribution in [0.2, 0.25) is 0 Å². The Morgan fingerprint density at radius 1 is 0.967 bits per heavy atom. The summed E-state index contributed by atoms with van der Waals surface area (Å²) < 4.78 is 25.1. The van der Waals surface area contributed by atoms with E-state index in [0.29, 0.717) is 0 Å². The van der Waals surface area contributed by atoms with Crippen LogP contribution in [0.5, 0.6) is 0 Å². The molecule has 0 aliphatic rings. The lowest BCUT2D eigenvalue weighted by Gasteiger charge is -2.48. The van der Waals surface area contributed by atoms with Gasteiger partial charge in [0, 0.05) is 5.54 Å². The first-order valence-electron chi connectivity index (χ1n) is 10.4. The van der Waals surface area contributed by atoms with Crippen molar-refractivity contribution < 1.29 is 33.1 Å². The summed E-state index contributed by atoms with van der Waals surface area (Å²) >= 11 is 0. The van der Waals surface area contributed by atoms with E-state index in [9.17, 15) is 19.3 Å². The average molecular weight is 452 g/mol. The fraction of sp³-hybridized carbons (Fsp3) is 0.905. The molecule has 0 saturated carbocycles. The number of aliphatic carboxylic acids is 1. The number of carbonyl (C=O) groups excluding carboxylic acids is 1. The van der Waals surface area contributed by atoms with Gasteiger partial charge < -0.3 is 14.2 Å². The van der Waals surface area contributed by atoms with Gasteiger partial charge in [-0.05, 0) is 67.2 Å². The summed E-state index contributed by atoms with van der Waals surface area (Å²) in [7, 11) is -3.69. The van der Waals surface area contributed by atoms with Gasteiger partial charge in [0.1, 0.15) is 11.9 Å². The van der Waals surface area contributed by atoms with E-state index in [1.54, 1.807) is 27.7 Å². The van der Waals surface area contributed by atoms with E-state index in [1.807, 2.05) is 41.5 Å². The van der Waals surface area contributed by atoms with Crippen LogP contribution in [0.15, 0.2) is 0 Å². The highest BCUT2D eigenvalue weighted by Gasteiger charge is 2.52. The molecule has 0 rings (SSSR count). The van der Waals surface area contributed by atoms with E-state index in [0.717, 1.165) is 0 Å². The third-order valence-electron chi connectivity index (χ3n) is 4.54. The number of Topliss-reactive ketones (excluding diaryl/α,β-unsaturated/α-hetero) is 1. The summed E-state index contributed by atoms with van der Waals surface area (Å²) in [4.78, 5) is 30.2. The van der Waals surface area contributed by atoms with Gasteiger partial charge in [-0.1, -0.05) is 20.8 Å². The van der Waals surface area contributed by atoms with Crippen LogP contribution in [-0.4, -0.2) is 52.6 Å². The first kappa shape index (κ1) is 29.2. The topological polar surface area (TPSA) is 102 Å². The van der Waals surface area contributed by atoms with E-state index >= 15 is 0 Å². The molecular weight excluding hydrogens is 409 g/mol. The molecule has 9 heteroatoms. The number of ketones is 1. The fourth-order valence-corrected chi connectivity index (χ4v) is 5.70. The second kappa shape index (κ2) is 10.7. The Bertz CT molecular complexity index is 624. The van der Waals surface area contributed by atoms with Crippen LogP contribution in [0, 0.1) is 10.8 Å². The van der Waals surface area contributed by atoms with E-state index in [2.05, 4.69) is 0 Å². The van der Waals surface area contributed by atoms with Gasteiger partial charge in [-0.15, -0.1) is 0 Å². The number of nitrogens with zero attached hydrogens (tertiary/aromatic N) is 1. The summed E-state index contributed by atoms with van der Waals surface area (Å²) in [6.07, 6.45) is -1.06. The van der Waals surface area contributed by atoms with Crippen LogP contribution in [0.25, 0.3) is 0 Å². The molecule has 30 heavy (non-hydrogen) atoms. The van der Waals surface area contributed by atoms with Gasteiger partial charge in [0.2, 0.25) is 0 Å². The summed E-state index contributed by atoms with van der Waals surface area (Å²) in [5, 5.41) is 11.0. The Labute approximate surface area is 182 Å². The summed E-state index contributed by atoms with van der Waals surface area (Å²) in [5.74, 6) is -2.17. The van der Waals surface area contributed by atoms with Gasteiger partial charge in [-0.3, -0.25) is 19.0 Å². The maximum atomic E-state index is 13.8. The number of hydrogen-bond donors (Lipinski definition) is 1. The smallest absolute Gasteiger partial charge is 0.350 e. The highest BCUT2D eigenvalue weighted by molar-refractivity contribution is 7.54. The normalized spacial score (nSPS) is 15.9. The lowest BCUT2D eigenvalue weighted by molar-refractivity contribution is -0.264. The molecule has 0 spiro atoms. The standard InChI is InChI=1S/C21H42NO7P/c1-12-27-30(26,28-13-2)17(19(4,5)6)22(20(7,8)9)29-16(15(3)23)14-21(10,11)18(24)25/h16-17H,12-14H2,1-11H3,(H,24,25). The first-order valence-corrected chi connectivity index (χ1v) is 12.0. The van der Waals surface area contributed by atoms with Crippen LogP contribution in [0.4, 0.5) is 0 Å². The lowest BCUT2D eigenvalue weighted by Crippen LogP contribution is -2.55. The molecule has 0 aromatic carbocycles. The Morgan fingerprint density at radius 2 is 1.40 bits per heavy atom. The number of rotatable bonds is 12. The molecule has 0 bridgehead atoms. The Balaban J connectivity index is 6.45. The van der Waals surface area contributed by atoms with E-state index in [4.69, 9.17) is 13.9 Å². The van der Waals surface area contributed by atoms with Crippen molar-refractivity contribution in [3.8, 4) is 0 Å². The zero-order chi connectivity index (χ0) is 24.1. The molecule has 0 saturated heterocycles. The second-order valence-corrected chi connectivity index (χ2v) is 12.3. The third kappa shape index (κ3) is 8.04. The average Bonchev–Trinajstić information content (AvgIpc) is 2.50. The second-order valence-electron chi connectivity index (χ2n) is 10.2. The zero-order valence-electron chi connectivity index (χ0n) is 20.6. The summed E-state index contributed by atoms with van der Waals surface area (Å²) in [6.45, 7) is 19.6. The third-order valence-corrected chi connectivity index (χ3v) is 7.36. The molecular formula is C21H42NO7P. The highest BCUT2D eigenvalue weighted by Crippen LogP contribution is 2.61. The SMILES string of the molecule is CCOP(=O)(OCC)C(N(OC(CC(C)(C)C(=O)O)C(C)=O)C(C)(C)C)C(C)(C)C. The molecule has 0 amide bonds. The molecule has 0 aromatic heterocycles. The van der Waals surface area contributed by atoms with E-state index in [-0.39, 0.29) is 25.4 Å². The number of hydrogen-bond acceptors (Lipinski definition) is 7.